The molecule has 2 N–H and O–H groups in total. The Balaban J connectivity index is 1.98. The van der Waals surface area contributed by atoms with Crippen molar-refractivity contribution >= 4 is 17.7 Å². The summed E-state index contributed by atoms with van der Waals surface area (Å²) in [5.41, 5.74) is 0.565. The summed E-state index contributed by atoms with van der Waals surface area (Å²) in [7, 11) is 0. The molecular weight excluding hydrogens is 270 g/mol. The van der Waals surface area contributed by atoms with E-state index in [1.165, 1.54) is 6.42 Å². The summed E-state index contributed by atoms with van der Waals surface area (Å²) in [6.45, 7) is 2.09. The molecule has 0 unspecified atom stereocenters. The summed E-state index contributed by atoms with van der Waals surface area (Å²) >= 11 is 0. The number of hydrogen-bond donors (Lipinski definition) is 2. The Labute approximate surface area is 124 Å². The number of likely N-dealkylation sites (tertiary alicyclic amines) is 1. The molecule has 1 aromatic rings. The second-order valence-electron chi connectivity index (χ2n) is 5.18. The number of hydrogen-bond acceptors (Lipinski definition) is 4. The maximum atomic E-state index is 12.5. The summed E-state index contributed by atoms with van der Waals surface area (Å²) < 4.78 is 0. The van der Waals surface area contributed by atoms with E-state index in [4.69, 9.17) is 5.11 Å². The van der Waals surface area contributed by atoms with Gasteiger partial charge < -0.3 is 15.3 Å². The van der Waals surface area contributed by atoms with Gasteiger partial charge in [-0.2, -0.15) is 0 Å². The zero-order chi connectivity index (χ0) is 15.1. The molecule has 6 heteroatoms. The summed E-state index contributed by atoms with van der Waals surface area (Å²) in [5, 5.41) is 11.7. The highest BCUT2D eigenvalue weighted by atomic mass is 16.4. The van der Waals surface area contributed by atoms with E-state index in [2.05, 4.69) is 10.3 Å². The number of piperidine rings is 1. The largest absolute Gasteiger partial charge is 0.481 e. The molecule has 1 fully saturated rings. The van der Waals surface area contributed by atoms with Crippen molar-refractivity contribution in [1.82, 2.24) is 9.88 Å². The van der Waals surface area contributed by atoms with Gasteiger partial charge in [-0.05, 0) is 37.8 Å². The van der Waals surface area contributed by atoms with Gasteiger partial charge in [0.2, 0.25) is 0 Å². The van der Waals surface area contributed by atoms with Crippen molar-refractivity contribution in [3.63, 3.8) is 0 Å². The molecule has 114 valence electrons. The Morgan fingerprint density at radius 3 is 2.76 bits per heavy atom. The number of rotatable bonds is 6. The molecular formula is C15H21N3O3. The summed E-state index contributed by atoms with van der Waals surface area (Å²) in [6.07, 6.45) is 5.52. The van der Waals surface area contributed by atoms with Crippen molar-refractivity contribution < 1.29 is 14.7 Å². The van der Waals surface area contributed by atoms with Crippen LogP contribution in [0.5, 0.6) is 0 Å². The number of carbonyl (C=O) groups excluding carboxylic acids is 1. The molecule has 2 heterocycles. The maximum Gasteiger partial charge on any atom is 0.303 e. The third-order valence-corrected chi connectivity index (χ3v) is 3.54. The number of carboxylic acid groups (broad SMARTS) is 1. The fourth-order valence-electron chi connectivity index (χ4n) is 2.43. The molecule has 0 aromatic carbocycles. The fraction of sp³-hybridized carbons (Fsp3) is 0.533. The second-order valence-corrected chi connectivity index (χ2v) is 5.18. The highest BCUT2D eigenvalue weighted by Gasteiger charge is 2.21. The van der Waals surface area contributed by atoms with Crippen LogP contribution in [0.3, 0.4) is 0 Å². The maximum absolute atomic E-state index is 12.5. The van der Waals surface area contributed by atoms with Crippen molar-refractivity contribution in [2.75, 3.05) is 25.0 Å². The zero-order valence-corrected chi connectivity index (χ0v) is 12.0. The van der Waals surface area contributed by atoms with Crippen LogP contribution in [0.25, 0.3) is 0 Å². The van der Waals surface area contributed by atoms with Gasteiger partial charge in [-0.3, -0.25) is 9.59 Å². The molecule has 0 saturated carbocycles. The highest BCUT2D eigenvalue weighted by molar-refractivity contribution is 5.98. The molecule has 0 bridgehead atoms. The molecule has 1 aliphatic rings. The smallest absolute Gasteiger partial charge is 0.303 e. The van der Waals surface area contributed by atoms with Gasteiger partial charge >= 0.3 is 5.97 Å². The molecule has 21 heavy (non-hydrogen) atoms. The van der Waals surface area contributed by atoms with Gasteiger partial charge in [0.05, 0.1) is 5.56 Å². The first-order valence-corrected chi connectivity index (χ1v) is 7.38. The SMILES string of the molecule is O=C(O)CCCNc1ncccc1C(=O)N1CCCCC1. The minimum Gasteiger partial charge on any atom is -0.481 e. The summed E-state index contributed by atoms with van der Waals surface area (Å²) in [6, 6.07) is 3.52. The number of nitrogens with zero attached hydrogens (tertiary/aromatic N) is 2. The van der Waals surface area contributed by atoms with Gasteiger partial charge in [-0.25, -0.2) is 4.98 Å². The van der Waals surface area contributed by atoms with Crippen LogP contribution in [0, 0.1) is 0 Å². The predicted molar refractivity (Wildman–Crippen MR) is 79.4 cm³/mol. The van der Waals surface area contributed by atoms with Crippen LogP contribution in [0.2, 0.25) is 0 Å². The lowest BCUT2D eigenvalue weighted by Gasteiger charge is -2.27. The van der Waals surface area contributed by atoms with Gasteiger partial charge in [0, 0.05) is 32.3 Å². The normalized spacial score (nSPS) is 14.8. The monoisotopic (exact) mass is 291 g/mol. The van der Waals surface area contributed by atoms with Gasteiger partial charge in [-0.15, -0.1) is 0 Å². The van der Waals surface area contributed by atoms with Gasteiger partial charge in [0.25, 0.3) is 5.91 Å². The van der Waals surface area contributed by atoms with Crippen LogP contribution in [0.1, 0.15) is 42.5 Å². The van der Waals surface area contributed by atoms with E-state index in [9.17, 15) is 9.59 Å². The lowest BCUT2D eigenvalue weighted by atomic mass is 10.1. The molecule has 6 nitrogen and oxygen atoms in total. The summed E-state index contributed by atoms with van der Waals surface area (Å²) in [4.78, 5) is 29.1. The Bertz CT molecular complexity index is 499. The quantitative estimate of drug-likeness (QED) is 0.783. The fourth-order valence-corrected chi connectivity index (χ4v) is 2.43. The number of carboxylic acids is 1. The zero-order valence-electron chi connectivity index (χ0n) is 12.0. The number of carbonyl (C=O) groups is 2. The van der Waals surface area contributed by atoms with E-state index in [0.29, 0.717) is 24.3 Å². The average molecular weight is 291 g/mol. The molecule has 0 atom stereocenters. The van der Waals surface area contributed by atoms with Crippen LogP contribution in [0.4, 0.5) is 5.82 Å². The van der Waals surface area contributed by atoms with Crippen molar-refractivity contribution in [3.05, 3.63) is 23.9 Å². The molecule has 0 radical (unpaired) electrons. The number of pyridine rings is 1. The molecule has 0 spiro atoms. The van der Waals surface area contributed by atoms with Crippen LogP contribution in [-0.4, -0.2) is 46.5 Å². The second kappa shape index (κ2) is 7.61. The van der Waals surface area contributed by atoms with E-state index in [0.717, 1.165) is 25.9 Å². The Hall–Kier alpha value is -2.11. The van der Waals surface area contributed by atoms with Crippen LogP contribution in [0.15, 0.2) is 18.3 Å². The van der Waals surface area contributed by atoms with Crippen LogP contribution < -0.4 is 5.32 Å². The number of aliphatic carboxylic acids is 1. The van der Waals surface area contributed by atoms with Crippen molar-refractivity contribution in [3.8, 4) is 0 Å². The van der Waals surface area contributed by atoms with E-state index in [-0.39, 0.29) is 12.3 Å². The topological polar surface area (TPSA) is 82.5 Å². The Kier molecular flexibility index (Phi) is 5.54. The standard InChI is InChI=1S/C15H21N3O3/c19-13(20)7-5-9-17-14-12(6-4-8-16-14)15(21)18-10-2-1-3-11-18/h4,6,8H,1-3,5,7,9-11H2,(H,16,17)(H,19,20). The van der Waals surface area contributed by atoms with Crippen LogP contribution >= 0.6 is 0 Å². The van der Waals surface area contributed by atoms with Crippen molar-refractivity contribution in [1.29, 1.82) is 0 Å². The number of anilines is 1. The molecule has 1 amide bonds. The van der Waals surface area contributed by atoms with Gasteiger partial charge in [0.1, 0.15) is 5.82 Å². The number of aromatic nitrogens is 1. The third-order valence-electron chi connectivity index (χ3n) is 3.54. The lowest BCUT2D eigenvalue weighted by Crippen LogP contribution is -2.36. The third kappa shape index (κ3) is 4.44. The molecule has 1 saturated heterocycles. The predicted octanol–water partition coefficient (Wildman–Crippen LogP) is 1.98. The number of nitrogens with one attached hydrogen (secondary N) is 1. The first-order valence-electron chi connectivity index (χ1n) is 7.38. The summed E-state index contributed by atoms with van der Waals surface area (Å²) in [5.74, 6) is -0.274. The number of amides is 1. The Morgan fingerprint density at radius 2 is 2.05 bits per heavy atom. The van der Waals surface area contributed by atoms with E-state index >= 15 is 0 Å². The molecule has 1 aliphatic heterocycles. The van der Waals surface area contributed by atoms with E-state index in [1.807, 2.05) is 4.90 Å². The van der Waals surface area contributed by atoms with Crippen molar-refractivity contribution in [2.24, 2.45) is 0 Å². The minimum atomic E-state index is -0.817. The molecule has 0 aliphatic carbocycles. The first kappa shape index (κ1) is 15.3. The molecule has 2 rings (SSSR count). The van der Waals surface area contributed by atoms with Gasteiger partial charge in [-0.1, -0.05) is 0 Å². The van der Waals surface area contributed by atoms with Crippen molar-refractivity contribution in [2.45, 2.75) is 32.1 Å². The van der Waals surface area contributed by atoms with E-state index < -0.39 is 5.97 Å². The highest BCUT2D eigenvalue weighted by Crippen LogP contribution is 2.18. The average Bonchev–Trinajstić information content (AvgIpc) is 2.52. The lowest BCUT2D eigenvalue weighted by molar-refractivity contribution is -0.137. The first-order chi connectivity index (χ1) is 10.2. The minimum absolute atomic E-state index is 0.00327. The molecule has 1 aromatic heterocycles. The Morgan fingerprint density at radius 1 is 1.29 bits per heavy atom. The van der Waals surface area contributed by atoms with Crippen LogP contribution in [-0.2, 0) is 4.79 Å². The van der Waals surface area contributed by atoms with E-state index in [1.54, 1.807) is 18.3 Å². The van der Waals surface area contributed by atoms with Gasteiger partial charge in [0.15, 0.2) is 0 Å².